The molecule has 0 radical (unpaired) electrons. The lowest BCUT2D eigenvalue weighted by atomic mass is 10.1. The predicted molar refractivity (Wildman–Crippen MR) is 140 cm³/mol. The lowest BCUT2D eigenvalue weighted by Crippen LogP contribution is -2.19. The fourth-order valence-corrected chi connectivity index (χ4v) is 4.33. The molecule has 5 rings (SSSR count). The number of fused-ring (bicyclic) bond motifs is 5. The number of nitrogens with one attached hydrogen (secondary N) is 1. The van der Waals surface area contributed by atoms with Crippen molar-refractivity contribution in [3.8, 4) is 40.8 Å². The van der Waals surface area contributed by atoms with E-state index >= 15 is 0 Å². The first-order valence-corrected chi connectivity index (χ1v) is 11.4. The molecule has 0 spiro atoms. The number of terminal acetylenes is 1. The molecule has 2 aliphatic carbocycles. The van der Waals surface area contributed by atoms with Gasteiger partial charge in [0.25, 0.3) is 0 Å². The third-order valence-electron chi connectivity index (χ3n) is 6.33. The van der Waals surface area contributed by atoms with Gasteiger partial charge in [0.15, 0.2) is 17.6 Å². The number of methoxy groups -OCH3 is 2. The average molecular weight is 496 g/mol. The molecule has 8 heteroatoms. The van der Waals surface area contributed by atoms with Crippen LogP contribution in [0.2, 0.25) is 0 Å². The predicted octanol–water partition coefficient (Wildman–Crippen LogP) is 4.71. The molecule has 184 valence electrons. The highest BCUT2D eigenvalue weighted by atomic mass is 35.5. The number of hydrogen-bond acceptors (Lipinski definition) is 6. The summed E-state index contributed by atoms with van der Waals surface area (Å²) in [6.45, 7) is 1.44. The Morgan fingerprint density at radius 1 is 1.11 bits per heavy atom. The average Bonchev–Trinajstić information content (AvgIpc) is 3.55. The zero-order chi connectivity index (χ0) is 23.8. The molecule has 1 saturated carbocycles. The fourth-order valence-electron chi connectivity index (χ4n) is 4.33. The van der Waals surface area contributed by atoms with Gasteiger partial charge in [0, 0.05) is 40.1 Å². The topological polar surface area (TPSA) is 68.3 Å². The van der Waals surface area contributed by atoms with Gasteiger partial charge in [0.1, 0.15) is 18.1 Å². The first-order valence-electron chi connectivity index (χ1n) is 11.4. The first kappa shape index (κ1) is 24.8. The van der Waals surface area contributed by atoms with Gasteiger partial charge >= 0.3 is 0 Å². The fraction of sp³-hybridized carbons (Fsp3) is 0.370. The van der Waals surface area contributed by atoms with E-state index in [9.17, 15) is 0 Å². The van der Waals surface area contributed by atoms with E-state index < -0.39 is 0 Å². The number of halogens is 1. The SMILES string of the molecule is C#C[C@H](ON=C1c2cc(OC)c(OC)cc2-c2[nH]c3ccc(OCCN(C)C)cc3c21)C1CC1.Cl. The highest BCUT2D eigenvalue weighted by Crippen LogP contribution is 2.46. The molecule has 1 N–H and O–H groups in total. The second kappa shape index (κ2) is 10.1. The molecule has 1 fully saturated rings. The number of aromatic amines is 1. The maximum atomic E-state index is 6.00. The van der Waals surface area contributed by atoms with E-state index in [0.29, 0.717) is 24.0 Å². The summed E-state index contributed by atoms with van der Waals surface area (Å²) in [5.74, 6) is 5.21. The number of benzene rings is 2. The Kier molecular flexibility index (Phi) is 7.15. The monoisotopic (exact) mass is 495 g/mol. The maximum Gasteiger partial charge on any atom is 0.190 e. The molecule has 35 heavy (non-hydrogen) atoms. The van der Waals surface area contributed by atoms with Crippen molar-refractivity contribution in [3.63, 3.8) is 0 Å². The van der Waals surface area contributed by atoms with Gasteiger partial charge in [0.05, 0.1) is 19.9 Å². The molecule has 2 aromatic carbocycles. The Morgan fingerprint density at radius 3 is 2.46 bits per heavy atom. The molecule has 7 nitrogen and oxygen atoms in total. The Balaban J connectivity index is 0.00000289. The van der Waals surface area contributed by atoms with Crippen LogP contribution in [0.5, 0.6) is 17.2 Å². The highest BCUT2D eigenvalue weighted by molar-refractivity contribution is 6.30. The van der Waals surface area contributed by atoms with Crippen LogP contribution < -0.4 is 14.2 Å². The van der Waals surface area contributed by atoms with E-state index in [1.807, 2.05) is 38.4 Å². The van der Waals surface area contributed by atoms with Gasteiger partial charge in [-0.2, -0.15) is 0 Å². The number of ether oxygens (including phenoxy) is 3. The largest absolute Gasteiger partial charge is 0.493 e. The van der Waals surface area contributed by atoms with Crippen molar-refractivity contribution in [1.82, 2.24) is 9.88 Å². The number of H-pyrrole nitrogens is 1. The van der Waals surface area contributed by atoms with E-state index in [-0.39, 0.29) is 18.5 Å². The Hall–Kier alpha value is -3.34. The first-order chi connectivity index (χ1) is 16.5. The third kappa shape index (κ3) is 4.64. The van der Waals surface area contributed by atoms with Gasteiger partial charge in [0.2, 0.25) is 0 Å². The molecule has 0 bridgehead atoms. The summed E-state index contributed by atoms with van der Waals surface area (Å²) in [4.78, 5) is 11.6. The molecule has 2 aliphatic rings. The van der Waals surface area contributed by atoms with E-state index in [0.717, 1.165) is 64.1 Å². The summed E-state index contributed by atoms with van der Waals surface area (Å²) in [5.41, 5.74) is 5.53. The van der Waals surface area contributed by atoms with Crippen molar-refractivity contribution in [2.45, 2.75) is 18.9 Å². The molecule has 0 aliphatic heterocycles. The van der Waals surface area contributed by atoms with E-state index in [1.54, 1.807) is 14.2 Å². The highest BCUT2D eigenvalue weighted by Gasteiger charge is 2.35. The molecule has 3 aromatic rings. The molecule has 1 aromatic heterocycles. The smallest absolute Gasteiger partial charge is 0.190 e. The molecule has 1 heterocycles. The van der Waals surface area contributed by atoms with Crippen LogP contribution >= 0.6 is 12.4 Å². The van der Waals surface area contributed by atoms with Crippen molar-refractivity contribution in [1.29, 1.82) is 0 Å². The summed E-state index contributed by atoms with van der Waals surface area (Å²) in [6, 6.07) is 9.98. The summed E-state index contributed by atoms with van der Waals surface area (Å²) in [5, 5.41) is 5.63. The van der Waals surface area contributed by atoms with Gasteiger partial charge in [-0.15, -0.1) is 18.8 Å². The molecule has 0 saturated heterocycles. The maximum absolute atomic E-state index is 6.00. The number of aromatic nitrogens is 1. The minimum atomic E-state index is -0.324. The van der Waals surface area contributed by atoms with Gasteiger partial charge in [-0.25, -0.2) is 0 Å². The van der Waals surface area contributed by atoms with E-state index in [1.165, 1.54) is 0 Å². The second-order valence-electron chi connectivity index (χ2n) is 8.96. The summed E-state index contributed by atoms with van der Waals surface area (Å²) in [6.07, 6.45) is 7.55. The number of nitrogens with zero attached hydrogens (tertiary/aromatic N) is 2. The number of oxime groups is 1. The van der Waals surface area contributed by atoms with Crippen LogP contribution in [-0.4, -0.2) is 63.2 Å². The lowest BCUT2D eigenvalue weighted by Gasteiger charge is -2.12. The van der Waals surface area contributed by atoms with Gasteiger partial charge in [-0.3, -0.25) is 0 Å². The lowest BCUT2D eigenvalue weighted by molar-refractivity contribution is 0.0846. The number of likely N-dealkylation sites (N-methyl/N-ethyl adjacent to an activating group) is 1. The summed E-state index contributed by atoms with van der Waals surface area (Å²) >= 11 is 0. The van der Waals surface area contributed by atoms with E-state index in [2.05, 4.69) is 27.0 Å². The molecule has 0 amide bonds. The number of hydrogen-bond donors (Lipinski definition) is 1. The Bertz CT molecular complexity index is 1300. The number of rotatable bonds is 9. The van der Waals surface area contributed by atoms with Crippen LogP contribution in [0.15, 0.2) is 35.5 Å². The van der Waals surface area contributed by atoms with Gasteiger partial charge in [-0.1, -0.05) is 11.1 Å². The van der Waals surface area contributed by atoms with E-state index in [4.69, 9.17) is 25.5 Å². The molecule has 1 atom stereocenters. The zero-order valence-corrected chi connectivity index (χ0v) is 21.2. The van der Waals surface area contributed by atoms with Crippen LogP contribution in [-0.2, 0) is 4.84 Å². The van der Waals surface area contributed by atoms with Crippen molar-refractivity contribution in [3.05, 3.63) is 41.5 Å². The van der Waals surface area contributed by atoms with Gasteiger partial charge < -0.3 is 28.9 Å². The molecule has 0 unspecified atom stereocenters. The van der Waals surface area contributed by atoms with Crippen molar-refractivity contribution < 1.29 is 19.0 Å². The van der Waals surface area contributed by atoms with Crippen LogP contribution in [0.3, 0.4) is 0 Å². The van der Waals surface area contributed by atoms with Crippen LogP contribution in [0.1, 0.15) is 24.0 Å². The standard InChI is InChI=1S/C27H29N3O4.ClH/c1-6-22(16-7-8-16)34-29-27-19-15-24(32-5)23(31-4)14-18(19)26-25(27)20-13-17(9-10-21(20)28-26)33-12-11-30(2)3;/h1,9-10,13-16,22,28H,7-8,11-12H2,2-5H3;1H/t22-;/m0./s1. The normalized spacial score (nSPS) is 15.8. The van der Waals surface area contributed by atoms with Crippen molar-refractivity contribution >= 4 is 29.0 Å². The second-order valence-corrected chi connectivity index (χ2v) is 8.96. The minimum absolute atomic E-state index is 0. The Morgan fingerprint density at radius 2 is 1.83 bits per heavy atom. The zero-order valence-electron chi connectivity index (χ0n) is 20.4. The van der Waals surface area contributed by atoms with Crippen LogP contribution in [0, 0.1) is 18.3 Å². The molecular weight excluding hydrogens is 466 g/mol. The quantitative estimate of drug-likeness (QED) is 0.269. The Labute approximate surface area is 211 Å². The summed E-state index contributed by atoms with van der Waals surface area (Å²) < 4.78 is 17.1. The third-order valence-corrected chi connectivity index (χ3v) is 6.33. The van der Waals surface area contributed by atoms with Crippen molar-refractivity contribution in [2.24, 2.45) is 11.1 Å². The van der Waals surface area contributed by atoms with Crippen LogP contribution in [0.25, 0.3) is 22.2 Å². The molecular formula is C27H30ClN3O4. The van der Waals surface area contributed by atoms with Crippen molar-refractivity contribution in [2.75, 3.05) is 41.5 Å². The van der Waals surface area contributed by atoms with Crippen LogP contribution in [0.4, 0.5) is 0 Å². The minimum Gasteiger partial charge on any atom is -0.493 e. The summed E-state index contributed by atoms with van der Waals surface area (Å²) in [7, 11) is 7.31. The van der Waals surface area contributed by atoms with Gasteiger partial charge in [-0.05, 0) is 57.3 Å².